The van der Waals surface area contributed by atoms with Crippen LogP contribution in [-0.2, 0) is 4.79 Å². The molecule has 2 amide bonds. The van der Waals surface area contributed by atoms with Gasteiger partial charge in [0.15, 0.2) is 0 Å². The average Bonchev–Trinajstić information content (AvgIpc) is 3.21. The van der Waals surface area contributed by atoms with Crippen LogP contribution in [0.4, 0.5) is 11.4 Å². The van der Waals surface area contributed by atoms with Gasteiger partial charge in [0.1, 0.15) is 5.76 Å². The van der Waals surface area contributed by atoms with Crippen molar-refractivity contribution in [3.05, 3.63) is 47.9 Å². The highest BCUT2D eigenvalue weighted by atomic mass is 16.3. The minimum atomic E-state index is -0.230. The second-order valence-electron chi connectivity index (χ2n) is 5.19. The number of hydrogen-bond acceptors (Lipinski definition) is 3. The molecule has 0 bridgehead atoms. The fourth-order valence-electron chi connectivity index (χ4n) is 2.08. The van der Waals surface area contributed by atoms with Crippen molar-refractivity contribution in [2.24, 2.45) is 5.92 Å². The quantitative estimate of drug-likeness (QED) is 0.905. The summed E-state index contributed by atoms with van der Waals surface area (Å²) >= 11 is 0. The fourth-order valence-corrected chi connectivity index (χ4v) is 2.08. The molecule has 1 fully saturated rings. The number of carbonyl (C=O) groups excluding carboxylic acids is 2. The molecule has 1 aliphatic rings. The van der Waals surface area contributed by atoms with E-state index in [2.05, 4.69) is 10.6 Å². The number of amides is 2. The summed E-state index contributed by atoms with van der Waals surface area (Å²) in [5, 5.41) is 5.65. The minimum Gasteiger partial charge on any atom is -0.469 e. The van der Waals surface area contributed by atoms with Crippen LogP contribution in [-0.4, -0.2) is 11.8 Å². The Bertz CT molecular complexity index is 686. The van der Waals surface area contributed by atoms with Crippen LogP contribution >= 0.6 is 0 Å². The Labute approximate surface area is 122 Å². The van der Waals surface area contributed by atoms with Crippen molar-refractivity contribution in [3.8, 4) is 0 Å². The number of carbonyl (C=O) groups is 2. The fraction of sp³-hybridized carbons (Fsp3) is 0.250. The van der Waals surface area contributed by atoms with E-state index in [1.54, 1.807) is 37.3 Å². The molecule has 0 unspecified atom stereocenters. The third kappa shape index (κ3) is 3.13. The van der Waals surface area contributed by atoms with E-state index in [-0.39, 0.29) is 17.7 Å². The summed E-state index contributed by atoms with van der Waals surface area (Å²) in [5.41, 5.74) is 1.82. The zero-order valence-corrected chi connectivity index (χ0v) is 11.7. The number of rotatable bonds is 4. The molecular formula is C16H16N2O3. The number of anilines is 2. The van der Waals surface area contributed by atoms with Gasteiger partial charge in [-0.1, -0.05) is 6.07 Å². The first-order valence-electron chi connectivity index (χ1n) is 6.90. The van der Waals surface area contributed by atoms with Gasteiger partial charge in [0.25, 0.3) is 5.91 Å². The predicted molar refractivity (Wildman–Crippen MR) is 79.2 cm³/mol. The Morgan fingerprint density at radius 2 is 1.86 bits per heavy atom. The Balaban J connectivity index is 1.69. The smallest absolute Gasteiger partial charge is 0.259 e. The van der Waals surface area contributed by atoms with Crippen LogP contribution in [0.5, 0.6) is 0 Å². The summed E-state index contributed by atoms with van der Waals surface area (Å²) in [6, 6.07) is 8.75. The van der Waals surface area contributed by atoms with Crippen molar-refractivity contribution >= 4 is 23.2 Å². The molecule has 1 saturated carbocycles. The minimum absolute atomic E-state index is 0.0455. The SMILES string of the molecule is Cc1occc1C(=O)Nc1cccc(NC(=O)C2CC2)c1. The zero-order valence-electron chi connectivity index (χ0n) is 11.7. The first-order valence-corrected chi connectivity index (χ1v) is 6.90. The molecule has 2 aromatic rings. The second-order valence-corrected chi connectivity index (χ2v) is 5.19. The van der Waals surface area contributed by atoms with Crippen molar-refractivity contribution in [2.45, 2.75) is 19.8 Å². The highest BCUT2D eigenvalue weighted by molar-refractivity contribution is 6.05. The van der Waals surface area contributed by atoms with E-state index < -0.39 is 0 Å². The van der Waals surface area contributed by atoms with E-state index in [9.17, 15) is 9.59 Å². The molecule has 2 N–H and O–H groups in total. The van der Waals surface area contributed by atoms with Gasteiger partial charge in [-0.15, -0.1) is 0 Å². The monoisotopic (exact) mass is 284 g/mol. The summed E-state index contributed by atoms with van der Waals surface area (Å²) in [4.78, 5) is 23.8. The lowest BCUT2D eigenvalue weighted by molar-refractivity contribution is -0.117. The predicted octanol–water partition coefficient (Wildman–Crippen LogP) is 3.19. The van der Waals surface area contributed by atoms with Gasteiger partial charge in [-0.3, -0.25) is 9.59 Å². The van der Waals surface area contributed by atoms with Gasteiger partial charge < -0.3 is 15.1 Å². The van der Waals surface area contributed by atoms with Crippen LogP contribution < -0.4 is 10.6 Å². The summed E-state index contributed by atoms with van der Waals surface area (Å²) in [5.74, 6) is 0.540. The van der Waals surface area contributed by atoms with Gasteiger partial charge in [0.05, 0.1) is 11.8 Å². The summed E-state index contributed by atoms with van der Waals surface area (Å²) in [7, 11) is 0. The average molecular weight is 284 g/mol. The van der Waals surface area contributed by atoms with Crippen LogP contribution in [0.15, 0.2) is 41.0 Å². The standard InChI is InChI=1S/C16H16N2O3/c1-10-14(7-8-21-10)16(20)18-13-4-2-3-12(9-13)17-15(19)11-5-6-11/h2-4,7-9,11H,5-6H2,1H3,(H,17,19)(H,18,20). The van der Waals surface area contributed by atoms with Crippen LogP contribution in [0, 0.1) is 12.8 Å². The molecule has 0 saturated heterocycles. The molecule has 1 aromatic carbocycles. The Kier molecular flexibility index (Phi) is 3.48. The van der Waals surface area contributed by atoms with Gasteiger partial charge in [0.2, 0.25) is 5.91 Å². The van der Waals surface area contributed by atoms with E-state index in [0.29, 0.717) is 22.7 Å². The number of aryl methyl sites for hydroxylation is 1. The largest absolute Gasteiger partial charge is 0.469 e. The van der Waals surface area contributed by atoms with Gasteiger partial charge in [-0.05, 0) is 44.0 Å². The Morgan fingerprint density at radius 3 is 2.48 bits per heavy atom. The zero-order chi connectivity index (χ0) is 14.8. The topological polar surface area (TPSA) is 71.3 Å². The van der Waals surface area contributed by atoms with E-state index in [1.807, 2.05) is 0 Å². The van der Waals surface area contributed by atoms with E-state index >= 15 is 0 Å². The van der Waals surface area contributed by atoms with Gasteiger partial charge in [-0.2, -0.15) is 0 Å². The maximum Gasteiger partial charge on any atom is 0.259 e. The van der Waals surface area contributed by atoms with Crippen molar-refractivity contribution < 1.29 is 14.0 Å². The van der Waals surface area contributed by atoms with E-state index in [4.69, 9.17) is 4.42 Å². The number of benzene rings is 1. The Morgan fingerprint density at radius 1 is 1.14 bits per heavy atom. The molecule has 5 heteroatoms. The summed E-state index contributed by atoms with van der Waals surface area (Å²) in [6.45, 7) is 1.74. The Hall–Kier alpha value is -2.56. The van der Waals surface area contributed by atoms with Crippen molar-refractivity contribution in [1.29, 1.82) is 0 Å². The van der Waals surface area contributed by atoms with Gasteiger partial charge >= 0.3 is 0 Å². The summed E-state index contributed by atoms with van der Waals surface area (Å²) < 4.78 is 5.12. The first kappa shape index (κ1) is 13.4. The molecule has 1 aliphatic carbocycles. The third-order valence-electron chi connectivity index (χ3n) is 3.44. The highest BCUT2D eigenvalue weighted by Crippen LogP contribution is 2.30. The first-order chi connectivity index (χ1) is 10.1. The molecule has 5 nitrogen and oxygen atoms in total. The van der Waals surface area contributed by atoms with Crippen molar-refractivity contribution in [1.82, 2.24) is 0 Å². The normalized spacial score (nSPS) is 13.8. The number of hydrogen-bond donors (Lipinski definition) is 2. The van der Waals surface area contributed by atoms with Crippen LogP contribution in [0.1, 0.15) is 29.0 Å². The molecule has 1 aromatic heterocycles. The summed E-state index contributed by atoms with van der Waals surface area (Å²) in [6.07, 6.45) is 3.40. The lowest BCUT2D eigenvalue weighted by Gasteiger charge is -2.08. The number of nitrogens with one attached hydrogen (secondary N) is 2. The van der Waals surface area contributed by atoms with Gasteiger partial charge in [-0.25, -0.2) is 0 Å². The molecule has 0 spiro atoms. The molecular weight excluding hydrogens is 268 g/mol. The lowest BCUT2D eigenvalue weighted by Crippen LogP contribution is -2.14. The van der Waals surface area contributed by atoms with Gasteiger partial charge in [0, 0.05) is 17.3 Å². The lowest BCUT2D eigenvalue weighted by atomic mass is 10.2. The third-order valence-corrected chi connectivity index (χ3v) is 3.44. The number of furan rings is 1. The maximum absolute atomic E-state index is 12.1. The molecule has 0 atom stereocenters. The molecule has 0 aliphatic heterocycles. The van der Waals surface area contributed by atoms with Crippen molar-refractivity contribution in [2.75, 3.05) is 10.6 Å². The van der Waals surface area contributed by atoms with Crippen LogP contribution in [0.3, 0.4) is 0 Å². The molecule has 3 rings (SSSR count). The molecule has 108 valence electrons. The van der Waals surface area contributed by atoms with Crippen molar-refractivity contribution in [3.63, 3.8) is 0 Å². The van der Waals surface area contributed by atoms with Crippen LogP contribution in [0.25, 0.3) is 0 Å². The highest BCUT2D eigenvalue weighted by Gasteiger charge is 2.29. The van der Waals surface area contributed by atoms with E-state index in [0.717, 1.165) is 12.8 Å². The maximum atomic E-state index is 12.1. The molecule has 21 heavy (non-hydrogen) atoms. The molecule has 0 radical (unpaired) electrons. The molecule has 1 heterocycles. The second kappa shape index (κ2) is 5.44. The van der Waals surface area contributed by atoms with Crippen LogP contribution in [0.2, 0.25) is 0 Å². The van der Waals surface area contributed by atoms with E-state index in [1.165, 1.54) is 6.26 Å².